The SMILES string of the molecule is Cc1cccc(N(C)c2nc(N)ncc2Cl)c1. The number of nitrogens with two attached hydrogens (primary N) is 1. The summed E-state index contributed by atoms with van der Waals surface area (Å²) in [6.07, 6.45) is 1.51. The van der Waals surface area contributed by atoms with Crippen molar-refractivity contribution in [3.63, 3.8) is 0 Å². The number of nitrogen functional groups attached to an aromatic ring is 1. The van der Waals surface area contributed by atoms with Crippen LogP contribution in [0.15, 0.2) is 30.5 Å². The van der Waals surface area contributed by atoms with Crippen molar-refractivity contribution in [2.75, 3.05) is 17.7 Å². The predicted molar refractivity (Wildman–Crippen MR) is 70.7 cm³/mol. The van der Waals surface area contributed by atoms with Crippen LogP contribution in [0, 0.1) is 6.92 Å². The second-order valence-electron chi connectivity index (χ2n) is 3.80. The van der Waals surface area contributed by atoms with Gasteiger partial charge >= 0.3 is 0 Å². The zero-order valence-corrected chi connectivity index (χ0v) is 10.4. The number of benzene rings is 1. The van der Waals surface area contributed by atoms with Crippen molar-refractivity contribution in [3.8, 4) is 0 Å². The molecule has 0 fully saturated rings. The summed E-state index contributed by atoms with van der Waals surface area (Å²) in [5.41, 5.74) is 7.74. The Morgan fingerprint density at radius 1 is 1.35 bits per heavy atom. The standard InChI is InChI=1S/C12H13ClN4/c1-8-4-3-5-9(6-8)17(2)11-10(13)7-15-12(14)16-11/h3-7H,1-2H3,(H2,14,15,16). The molecular weight excluding hydrogens is 236 g/mol. The van der Waals surface area contributed by atoms with E-state index in [1.165, 1.54) is 11.8 Å². The second-order valence-corrected chi connectivity index (χ2v) is 4.20. The lowest BCUT2D eigenvalue weighted by molar-refractivity contribution is 1.09. The summed E-state index contributed by atoms with van der Waals surface area (Å²) >= 11 is 6.06. The molecule has 5 heteroatoms. The number of anilines is 3. The van der Waals surface area contributed by atoms with E-state index in [2.05, 4.69) is 16.0 Å². The lowest BCUT2D eigenvalue weighted by Crippen LogP contribution is -2.13. The summed E-state index contributed by atoms with van der Waals surface area (Å²) in [5.74, 6) is 0.814. The van der Waals surface area contributed by atoms with Gasteiger partial charge in [-0.05, 0) is 24.6 Å². The van der Waals surface area contributed by atoms with Crippen LogP contribution in [0.5, 0.6) is 0 Å². The Balaban J connectivity index is 2.43. The van der Waals surface area contributed by atoms with Gasteiger partial charge in [0.15, 0.2) is 5.82 Å². The molecular formula is C12H13ClN4. The highest BCUT2D eigenvalue weighted by molar-refractivity contribution is 6.33. The van der Waals surface area contributed by atoms with Crippen molar-refractivity contribution in [3.05, 3.63) is 41.0 Å². The van der Waals surface area contributed by atoms with Crippen molar-refractivity contribution in [2.24, 2.45) is 0 Å². The average Bonchev–Trinajstić information content (AvgIpc) is 2.31. The number of hydrogen-bond acceptors (Lipinski definition) is 4. The van der Waals surface area contributed by atoms with Gasteiger partial charge in [-0.1, -0.05) is 23.7 Å². The third-order valence-corrected chi connectivity index (χ3v) is 2.72. The fraction of sp³-hybridized carbons (Fsp3) is 0.167. The minimum Gasteiger partial charge on any atom is -0.368 e. The van der Waals surface area contributed by atoms with Crippen molar-refractivity contribution in [1.29, 1.82) is 0 Å². The van der Waals surface area contributed by atoms with Crippen molar-refractivity contribution in [1.82, 2.24) is 9.97 Å². The molecule has 2 aromatic rings. The van der Waals surface area contributed by atoms with Gasteiger partial charge in [0.25, 0.3) is 0 Å². The number of nitrogens with zero attached hydrogens (tertiary/aromatic N) is 3. The number of rotatable bonds is 2. The van der Waals surface area contributed by atoms with Crippen LogP contribution >= 0.6 is 11.6 Å². The Kier molecular flexibility index (Phi) is 3.15. The molecule has 1 aromatic carbocycles. The molecule has 0 aliphatic rings. The highest BCUT2D eigenvalue weighted by atomic mass is 35.5. The van der Waals surface area contributed by atoms with E-state index in [9.17, 15) is 0 Å². The van der Waals surface area contributed by atoms with E-state index in [4.69, 9.17) is 17.3 Å². The maximum Gasteiger partial charge on any atom is 0.222 e. The van der Waals surface area contributed by atoms with Gasteiger partial charge in [-0.2, -0.15) is 4.98 Å². The van der Waals surface area contributed by atoms with Crippen LogP contribution in [0.25, 0.3) is 0 Å². The van der Waals surface area contributed by atoms with Crippen LogP contribution < -0.4 is 10.6 Å². The monoisotopic (exact) mass is 248 g/mol. The summed E-state index contributed by atoms with van der Waals surface area (Å²) < 4.78 is 0. The largest absolute Gasteiger partial charge is 0.368 e. The molecule has 0 amide bonds. The van der Waals surface area contributed by atoms with Crippen LogP contribution in [0.2, 0.25) is 5.02 Å². The maximum absolute atomic E-state index is 6.06. The Morgan fingerprint density at radius 2 is 2.12 bits per heavy atom. The molecule has 1 aromatic heterocycles. The molecule has 0 atom stereocenters. The van der Waals surface area contributed by atoms with Gasteiger partial charge in [-0.15, -0.1) is 0 Å². The lowest BCUT2D eigenvalue weighted by Gasteiger charge is -2.19. The number of aromatic nitrogens is 2. The van der Waals surface area contributed by atoms with Crippen LogP contribution in [0.4, 0.5) is 17.5 Å². The van der Waals surface area contributed by atoms with E-state index >= 15 is 0 Å². The summed E-state index contributed by atoms with van der Waals surface area (Å²) in [7, 11) is 1.89. The molecule has 17 heavy (non-hydrogen) atoms. The first-order valence-corrected chi connectivity index (χ1v) is 5.54. The van der Waals surface area contributed by atoms with E-state index in [0.29, 0.717) is 10.8 Å². The first kappa shape index (κ1) is 11.7. The van der Waals surface area contributed by atoms with Crippen molar-refractivity contribution < 1.29 is 0 Å². The maximum atomic E-state index is 6.06. The molecule has 0 saturated carbocycles. The van der Waals surface area contributed by atoms with E-state index in [-0.39, 0.29) is 5.95 Å². The van der Waals surface area contributed by atoms with Gasteiger partial charge < -0.3 is 10.6 Å². The summed E-state index contributed by atoms with van der Waals surface area (Å²) in [5, 5.41) is 0.475. The molecule has 2 N–H and O–H groups in total. The minimum atomic E-state index is 0.212. The molecule has 0 spiro atoms. The highest BCUT2D eigenvalue weighted by Crippen LogP contribution is 2.28. The predicted octanol–water partition coefficient (Wildman–Crippen LogP) is 2.79. The smallest absolute Gasteiger partial charge is 0.222 e. The first-order valence-electron chi connectivity index (χ1n) is 5.16. The molecule has 0 bridgehead atoms. The fourth-order valence-corrected chi connectivity index (χ4v) is 1.78. The van der Waals surface area contributed by atoms with Crippen molar-refractivity contribution >= 4 is 29.1 Å². The highest BCUT2D eigenvalue weighted by Gasteiger charge is 2.11. The number of halogens is 1. The first-order chi connectivity index (χ1) is 8.08. The van der Waals surface area contributed by atoms with Gasteiger partial charge in [-0.3, -0.25) is 0 Å². The molecule has 1 heterocycles. The Morgan fingerprint density at radius 3 is 2.82 bits per heavy atom. The van der Waals surface area contributed by atoms with Gasteiger partial charge in [-0.25, -0.2) is 4.98 Å². The van der Waals surface area contributed by atoms with Gasteiger partial charge in [0, 0.05) is 12.7 Å². The normalized spacial score (nSPS) is 10.3. The molecule has 2 rings (SSSR count). The van der Waals surface area contributed by atoms with E-state index in [0.717, 1.165) is 5.69 Å². The van der Waals surface area contributed by atoms with E-state index in [1.807, 2.05) is 37.1 Å². The van der Waals surface area contributed by atoms with Crippen LogP contribution in [-0.4, -0.2) is 17.0 Å². The summed E-state index contributed by atoms with van der Waals surface area (Å²) in [6, 6.07) is 8.06. The summed E-state index contributed by atoms with van der Waals surface area (Å²) in [6.45, 7) is 2.04. The van der Waals surface area contributed by atoms with Gasteiger partial charge in [0.1, 0.15) is 5.02 Å². The Bertz CT molecular complexity index is 542. The number of hydrogen-bond donors (Lipinski definition) is 1. The second kappa shape index (κ2) is 4.59. The summed E-state index contributed by atoms with van der Waals surface area (Å²) in [4.78, 5) is 9.86. The van der Waals surface area contributed by atoms with Crippen LogP contribution in [0.1, 0.15) is 5.56 Å². The molecule has 0 saturated heterocycles. The van der Waals surface area contributed by atoms with E-state index < -0.39 is 0 Å². The quantitative estimate of drug-likeness (QED) is 0.888. The Hall–Kier alpha value is -1.81. The van der Waals surface area contributed by atoms with Crippen LogP contribution in [0.3, 0.4) is 0 Å². The third-order valence-electron chi connectivity index (χ3n) is 2.45. The minimum absolute atomic E-state index is 0.212. The number of aryl methyl sites for hydroxylation is 1. The molecule has 4 nitrogen and oxygen atoms in total. The van der Waals surface area contributed by atoms with E-state index in [1.54, 1.807) is 0 Å². The lowest BCUT2D eigenvalue weighted by atomic mass is 10.2. The Labute approximate surface area is 105 Å². The molecule has 0 aliphatic carbocycles. The molecule has 88 valence electrons. The average molecular weight is 249 g/mol. The molecule has 0 unspecified atom stereocenters. The molecule has 0 radical (unpaired) electrons. The van der Waals surface area contributed by atoms with Crippen LogP contribution in [-0.2, 0) is 0 Å². The zero-order valence-electron chi connectivity index (χ0n) is 9.68. The topological polar surface area (TPSA) is 55.0 Å². The van der Waals surface area contributed by atoms with Crippen molar-refractivity contribution in [2.45, 2.75) is 6.92 Å². The van der Waals surface area contributed by atoms with Gasteiger partial charge in [0.05, 0.1) is 6.20 Å². The third kappa shape index (κ3) is 2.47. The van der Waals surface area contributed by atoms with Gasteiger partial charge in [0.2, 0.25) is 5.95 Å². The molecule has 0 aliphatic heterocycles. The zero-order chi connectivity index (χ0) is 12.4. The fourth-order valence-electron chi connectivity index (χ4n) is 1.57.